The lowest BCUT2D eigenvalue weighted by Gasteiger charge is -2.32. The van der Waals surface area contributed by atoms with Crippen molar-refractivity contribution in [1.82, 2.24) is 9.88 Å². The number of nitrogens with zero attached hydrogens (tertiary/aromatic N) is 2. The zero-order chi connectivity index (χ0) is 23.4. The lowest BCUT2D eigenvalue weighted by molar-refractivity contribution is -0.132. The van der Waals surface area contributed by atoms with Crippen molar-refractivity contribution in [3.63, 3.8) is 0 Å². The summed E-state index contributed by atoms with van der Waals surface area (Å²) in [4.78, 5) is 31.5. The van der Waals surface area contributed by atoms with Crippen molar-refractivity contribution in [3.8, 4) is 5.75 Å². The molecule has 1 fully saturated rings. The average Bonchev–Trinajstić information content (AvgIpc) is 2.83. The minimum absolute atomic E-state index is 0.119. The molecule has 2 N–H and O–H groups in total. The van der Waals surface area contributed by atoms with E-state index in [2.05, 4.69) is 13.0 Å². The third-order valence-electron chi connectivity index (χ3n) is 6.60. The second kappa shape index (κ2) is 10.0. The fourth-order valence-corrected chi connectivity index (χ4v) is 4.49. The van der Waals surface area contributed by atoms with Crippen LogP contribution < -0.4 is 10.5 Å². The summed E-state index contributed by atoms with van der Waals surface area (Å²) in [6.07, 6.45) is 2.70. The number of pyridine rings is 1. The largest absolute Gasteiger partial charge is 0.493 e. The van der Waals surface area contributed by atoms with E-state index in [1.807, 2.05) is 54.3 Å². The van der Waals surface area contributed by atoms with Crippen LogP contribution in [0.15, 0.2) is 48.5 Å². The van der Waals surface area contributed by atoms with E-state index >= 15 is 0 Å². The van der Waals surface area contributed by atoms with Gasteiger partial charge in [0, 0.05) is 30.8 Å². The third-order valence-corrected chi connectivity index (χ3v) is 6.60. The van der Waals surface area contributed by atoms with Gasteiger partial charge in [0.25, 0.3) is 5.91 Å². The molecule has 1 aromatic heterocycles. The van der Waals surface area contributed by atoms with Gasteiger partial charge in [-0.15, -0.1) is 0 Å². The van der Waals surface area contributed by atoms with Crippen molar-refractivity contribution in [1.29, 1.82) is 0 Å². The molecular formula is C27H31N3O3. The molecule has 2 amide bonds. The van der Waals surface area contributed by atoms with Crippen LogP contribution in [0.5, 0.6) is 5.75 Å². The number of ether oxygens (including phenoxy) is 1. The van der Waals surface area contributed by atoms with Crippen LogP contribution in [0.2, 0.25) is 0 Å². The van der Waals surface area contributed by atoms with Gasteiger partial charge in [-0.25, -0.2) is 0 Å². The first-order valence-corrected chi connectivity index (χ1v) is 11.6. The highest BCUT2D eigenvalue weighted by molar-refractivity contribution is 5.97. The molecule has 3 aromatic rings. The number of benzene rings is 2. The molecule has 1 aliphatic rings. The first kappa shape index (κ1) is 22.8. The Labute approximate surface area is 194 Å². The highest BCUT2D eigenvalue weighted by Gasteiger charge is 2.27. The summed E-state index contributed by atoms with van der Waals surface area (Å²) < 4.78 is 5.88. The molecular weight excluding hydrogens is 414 g/mol. The molecule has 2 aromatic carbocycles. The first-order valence-electron chi connectivity index (χ1n) is 11.6. The average molecular weight is 446 g/mol. The Bertz CT molecular complexity index is 1170. The maximum Gasteiger partial charge on any atom is 0.250 e. The number of likely N-dealkylation sites (tertiary alicyclic amines) is 1. The number of hydrogen-bond donors (Lipinski definition) is 1. The van der Waals surface area contributed by atoms with E-state index in [0.717, 1.165) is 40.8 Å². The number of carbonyl (C=O) groups is 2. The number of primary amides is 1. The first-order chi connectivity index (χ1) is 15.9. The van der Waals surface area contributed by atoms with Crippen LogP contribution in [0.3, 0.4) is 0 Å². The minimum Gasteiger partial charge on any atom is -0.493 e. The van der Waals surface area contributed by atoms with Crippen molar-refractivity contribution in [2.75, 3.05) is 19.7 Å². The Balaban J connectivity index is 1.31. The monoisotopic (exact) mass is 445 g/mol. The van der Waals surface area contributed by atoms with Crippen LogP contribution >= 0.6 is 0 Å². The molecule has 0 unspecified atom stereocenters. The van der Waals surface area contributed by atoms with Gasteiger partial charge in [-0.2, -0.15) is 0 Å². The zero-order valence-corrected chi connectivity index (χ0v) is 19.3. The Morgan fingerprint density at radius 2 is 1.85 bits per heavy atom. The second-order valence-corrected chi connectivity index (χ2v) is 8.78. The fraction of sp³-hybridized carbons (Fsp3) is 0.370. The quantitative estimate of drug-likeness (QED) is 0.542. The number of rotatable bonds is 7. The van der Waals surface area contributed by atoms with Gasteiger partial charge >= 0.3 is 0 Å². The van der Waals surface area contributed by atoms with Crippen molar-refractivity contribution in [2.24, 2.45) is 5.73 Å². The number of para-hydroxylation sites is 1. The van der Waals surface area contributed by atoms with Crippen molar-refractivity contribution in [2.45, 2.75) is 45.4 Å². The van der Waals surface area contributed by atoms with Gasteiger partial charge in [-0.05, 0) is 62.4 Å². The lowest BCUT2D eigenvalue weighted by atomic mass is 9.89. The molecule has 0 saturated carbocycles. The summed E-state index contributed by atoms with van der Waals surface area (Å²) >= 11 is 0. The predicted octanol–water partition coefficient (Wildman–Crippen LogP) is 4.52. The lowest BCUT2D eigenvalue weighted by Crippen LogP contribution is -2.38. The molecule has 1 aliphatic heterocycles. The van der Waals surface area contributed by atoms with E-state index in [1.54, 1.807) is 0 Å². The molecule has 172 valence electrons. The Morgan fingerprint density at radius 3 is 2.61 bits per heavy atom. The maximum atomic E-state index is 12.7. The normalized spacial score (nSPS) is 14.4. The molecule has 0 spiro atoms. The molecule has 4 rings (SSSR count). The standard InChI is InChI=1S/C27H31N3O3/c1-18-7-5-10-24(19(18)2)33-16-6-11-25(31)30-14-12-20(13-15-30)26-22(27(28)32)17-21-8-3-4-9-23(21)29-26/h3-5,7-10,17,20H,6,11-16H2,1-2H3,(H2,28,32). The third kappa shape index (κ3) is 5.16. The summed E-state index contributed by atoms with van der Waals surface area (Å²) in [6.45, 7) is 5.96. The number of aryl methyl sites for hydroxylation is 1. The van der Waals surface area contributed by atoms with Gasteiger partial charge in [0.1, 0.15) is 5.75 Å². The number of piperidine rings is 1. The van der Waals surface area contributed by atoms with Crippen molar-refractivity contribution in [3.05, 3.63) is 70.9 Å². The number of aromatic nitrogens is 1. The number of amides is 2. The summed E-state index contributed by atoms with van der Waals surface area (Å²) in [6, 6.07) is 15.6. The highest BCUT2D eigenvalue weighted by Crippen LogP contribution is 2.31. The van der Waals surface area contributed by atoms with E-state index in [1.165, 1.54) is 5.56 Å². The van der Waals surface area contributed by atoms with Gasteiger partial charge in [-0.3, -0.25) is 14.6 Å². The molecule has 2 heterocycles. The van der Waals surface area contributed by atoms with Gasteiger partial charge in [0.15, 0.2) is 0 Å². The van der Waals surface area contributed by atoms with Crippen LogP contribution in [-0.2, 0) is 4.79 Å². The van der Waals surface area contributed by atoms with Crippen LogP contribution in [0.4, 0.5) is 0 Å². The molecule has 33 heavy (non-hydrogen) atoms. The molecule has 6 heteroatoms. The van der Waals surface area contributed by atoms with Crippen molar-refractivity contribution >= 4 is 22.7 Å². The molecule has 0 radical (unpaired) electrons. The molecule has 1 saturated heterocycles. The predicted molar refractivity (Wildman–Crippen MR) is 129 cm³/mol. The molecule has 0 aliphatic carbocycles. The fourth-order valence-electron chi connectivity index (χ4n) is 4.49. The second-order valence-electron chi connectivity index (χ2n) is 8.78. The summed E-state index contributed by atoms with van der Waals surface area (Å²) in [5.74, 6) is 0.704. The Morgan fingerprint density at radius 1 is 1.09 bits per heavy atom. The molecule has 0 bridgehead atoms. The van der Waals surface area contributed by atoms with E-state index in [4.69, 9.17) is 15.5 Å². The zero-order valence-electron chi connectivity index (χ0n) is 19.3. The molecule has 6 nitrogen and oxygen atoms in total. The van der Waals surface area contributed by atoms with E-state index in [-0.39, 0.29) is 11.8 Å². The van der Waals surface area contributed by atoms with Crippen LogP contribution in [0.1, 0.15) is 58.8 Å². The number of nitrogens with two attached hydrogens (primary N) is 1. The van der Waals surface area contributed by atoms with Crippen LogP contribution in [0.25, 0.3) is 10.9 Å². The summed E-state index contributed by atoms with van der Waals surface area (Å²) in [5.41, 5.74) is 10.1. The Hall–Kier alpha value is -3.41. The summed E-state index contributed by atoms with van der Waals surface area (Å²) in [7, 11) is 0. The number of hydrogen-bond acceptors (Lipinski definition) is 4. The van der Waals surface area contributed by atoms with Gasteiger partial charge in [0.05, 0.1) is 23.4 Å². The van der Waals surface area contributed by atoms with Gasteiger partial charge in [-0.1, -0.05) is 30.3 Å². The van der Waals surface area contributed by atoms with E-state index < -0.39 is 5.91 Å². The Kier molecular flexibility index (Phi) is 6.92. The smallest absolute Gasteiger partial charge is 0.250 e. The van der Waals surface area contributed by atoms with E-state index in [9.17, 15) is 9.59 Å². The maximum absolute atomic E-state index is 12.7. The number of fused-ring (bicyclic) bond motifs is 1. The highest BCUT2D eigenvalue weighted by atomic mass is 16.5. The SMILES string of the molecule is Cc1cccc(OCCCC(=O)N2CCC(c3nc4ccccc4cc3C(N)=O)CC2)c1C. The number of carbonyl (C=O) groups excluding carboxylic acids is 2. The van der Waals surface area contributed by atoms with Gasteiger partial charge in [0.2, 0.25) is 5.91 Å². The van der Waals surface area contributed by atoms with E-state index in [0.29, 0.717) is 38.1 Å². The topological polar surface area (TPSA) is 85.5 Å². The minimum atomic E-state index is -0.453. The van der Waals surface area contributed by atoms with Crippen LogP contribution in [0, 0.1) is 13.8 Å². The summed E-state index contributed by atoms with van der Waals surface area (Å²) in [5, 5.41) is 0.908. The van der Waals surface area contributed by atoms with Gasteiger partial charge < -0.3 is 15.4 Å². The van der Waals surface area contributed by atoms with Crippen LogP contribution in [-0.4, -0.2) is 41.4 Å². The molecule has 0 atom stereocenters. The van der Waals surface area contributed by atoms with Crippen molar-refractivity contribution < 1.29 is 14.3 Å².